The second-order valence-corrected chi connectivity index (χ2v) is 9.47. The highest BCUT2D eigenvalue weighted by atomic mass is 35.5. The summed E-state index contributed by atoms with van der Waals surface area (Å²) in [5, 5.41) is 11.5. The van der Waals surface area contributed by atoms with Crippen LogP contribution in [-0.2, 0) is 4.74 Å². The fourth-order valence-electron chi connectivity index (χ4n) is 4.37. The summed E-state index contributed by atoms with van der Waals surface area (Å²) in [4.78, 5) is 9.90. The van der Waals surface area contributed by atoms with Crippen molar-refractivity contribution in [3.05, 3.63) is 40.2 Å². The van der Waals surface area contributed by atoms with Crippen molar-refractivity contribution in [1.29, 1.82) is 0 Å². The number of nitrogens with one attached hydrogen (secondary N) is 2. The van der Waals surface area contributed by atoms with Gasteiger partial charge >= 0.3 is 0 Å². The number of hydrogen-bond acceptors (Lipinski definition) is 8. The fourth-order valence-corrected chi connectivity index (χ4v) is 4.57. The predicted molar refractivity (Wildman–Crippen MR) is 138 cm³/mol. The van der Waals surface area contributed by atoms with Crippen LogP contribution in [0.4, 0.5) is 5.82 Å². The molecule has 1 aromatic carbocycles. The van der Waals surface area contributed by atoms with Gasteiger partial charge in [0.2, 0.25) is 0 Å². The first kappa shape index (κ1) is 25.4. The van der Waals surface area contributed by atoms with Crippen LogP contribution in [-0.4, -0.2) is 54.1 Å². The largest absolute Gasteiger partial charge is 0.494 e. The molecule has 4 rings (SSSR count). The van der Waals surface area contributed by atoms with Crippen LogP contribution >= 0.6 is 11.6 Å². The monoisotopic (exact) mass is 499 g/mol. The molecule has 3 aromatic rings. The molecule has 1 aliphatic rings. The van der Waals surface area contributed by atoms with Crippen molar-refractivity contribution in [1.82, 2.24) is 20.4 Å². The van der Waals surface area contributed by atoms with Gasteiger partial charge in [0, 0.05) is 23.8 Å². The summed E-state index contributed by atoms with van der Waals surface area (Å²) in [7, 11) is 1.93. The minimum Gasteiger partial charge on any atom is -0.494 e. The zero-order valence-electron chi connectivity index (χ0n) is 21.1. The van der Waals surface area contributed by atoms with Crippen LogP contribution in [0.1, 0.15) is 43.2 Å². The number of hydrogen-bond donors (Lipinski definition) is 2. The van der Waals surface area contributed by atoms with Gasteiger partial charge in [0.25, 0.3) is 0 Å². The van der Waals surface area contributed by atoms with E-state index in [1.807, 2.05) is 46.0 Å². The number of benzene rings is 1. The Morgan fingerprint density at radius 2 is 2.03 bits per heavy atom. The number of rotatable bonds is 9. The molecule has 2 aromatic heterocycles. The van der Waals surface area contributed by atoms with Crippen molar-refractivity contribution in [2.75, 3.05) is 32.1 Å². The minimum absolute atomic E-state index is 0.205. The molecule has 9 heteroatoms. The molecule has 2 unspecified atom stereocenters. The van der Waals surface area contributed by atoms with Crippen LogP contribution in [0, 0.1) is 20.8 Å². The van der Waals surface area contributed by atoms with Gasteiger partial charge in [-0.15, -0.1) is 0 Å². The first-order valence-electron chi connectivity index (χ1n) is 12.1. The molecule has 0 amide bonds. The van der Waals surface area contributed by atoms with E-state index in [-0.39, 0.29) is 12.1 Å². The molecule has 0 bridgehead atoms. The molecule has 188 valence electrons. The van der Waals surface area contributed by atoms with Gasteiger partial charge in [-0.05, 0) is 78.7 Å². The summed E-state index contributed by atoms with van der Waals surface area (Å²) in [5.41, 5.74) is 4.11. The molecule has 35 heavy (non-hydrogen) atoms. The van der Waals surface area contributed by atoms with Gasteiger partial charge in [0.05, 0.1) is 34.7 Å². The summed E-state index contributed by atoms with van der Waals surface area (Å²) in [6.07, 6.45) is 2.94. The lowest BCUT2D eigenvalue weighted by Crippen LogP contribution is -2.33. The third kappa shape index (κ3) is 5.94. The van der Waals surface area contributed by atoms with Gasteiger partial charge in [0.15, 0.2) is 5.82 Å². The topological polar surface area (TPSA) is 94.3 Å². The van der Waals surface area contributed by atoms with Crippen molar-refractivity contribution in [2.24, 2.45) is 0 Å². The van der Waals surface area contributed by atoms with Crippen molar-refractivity contribution in [3.8, 4) is 28.4 Å². The van der Waals surface area contributed by atoms with Crippen LogP contribution in [0.25, 0.3) is 22.6 Å². The number of nitrogens with zero attached hydrogens (tertiary/aromatic N) is 3. The Labute approximate surface area is 211 Å². The molecule has 0 aliphatic carbocycles. The summed E-state index contributed by atoms with van der Waals surface area (Å²) < 4.78 is 17.1. The summed E-state index contributed by atoms with van der Waals surface area (Å²) in [6.45, 7) is 10.2. The SMILES string of the molecule is CNCCCOc1ccc(Cl)c(-c2nc(NC3CCOC(C)C3)c(C)c(-c3c(C)noc3C)n2)c1. The van der Waals surface area contributed by atoms with E-state index in [9.17, 15) is 0 Å². The molecule has 1 fully saturated rings. The maximum atomic E-state index is 6.64. The summed E-state index contributed by atoms with van der Waals surface area (Å²) >= 11 is 6.64. The first-order valence-corrected chi connectivity index (χ1v) is 12.5. The average molecular weight is 500 g/mol. The number of aromatic nitrogens is 3. The lowest BCUT2D eigenvalue weighted by Gasteiger charge is -2.29. The molecule has 2 atom stereocenters. The smallest absolute Gasteiger partial charge is 0.163 e. The van der Waals surface area contributed by atoms with Gasteiger partial charge in [-0.3, -0.25) is 0 Å². The van der Waals surface area contributed by atoms with Crippen molar-refractivity contribution in [2.45, 2.75) is 59.1 Å². The Morgan fingerprint density at radius 3 is 2.74 bits per heavy atom. The van der Waals surface area contributed by atoms with Crippen molar-refractivity contribution >= 4 is 17.4 Å². The average Bonchev–Trinajstić information content (AvgIpc) is 3.17. The van der Waals surface area contributed by atoms with Crippen molar-refractivity contribution in [3.63, 3.8) is 0 Å². The van der Waals surface area contributed by atoms with Crippen LogP contribution in [0.3, 0.4) is 0 Å². The lowest BCUT2D eigenvalue weighted by molar-refractivity contribution is 0.0231. The number of aryl methyl sites for hydroxylation is 2. The van der Waals surface area contributed by atoms with Crippen LogP contribution in [0.2, 0.25) is 5.02 Å². The molecule has 1 saturated heterocycles. The van der Waals surface area contributed by atoms with Gasteiger partial charge in [-0.25, -0.2) is 9.97 Å². The molecular weight excluding hydrogens is 466 g/mol. The molecule has 3 heterocycles. The second-order valence-electron chi connectivity index (χ2n) is 9.06. The first-order chi connectivity index (χ1) is 16.9. The Kier molecular flexibility index (Phi) is 8.26. The zero-order valence-corrected chi connectivity index (χ0v) is 21.8. The molecule has 0 spiro atoms. The van der Waals surface area contributed by atoms with E-state index in [1.165, 1.54) is 0 Å². The molecule has 0 radical (unpaired) electrons. The predicted octanol–water partition coefficient (Wildman–Crippen LogP) is 5.34. The summed E-state index contributed by atoms with van der Waals surface area (Å²) in [6, 6.07) is 5.87. The van der Waals surface area contributed by atoms with E-state index in [0.29, 0.717) is 28.8 Å². The van der Waals surface area contributed by atoms with E-state index in [4.69, 9.17) is 35.6 Å². The summed E-state index contributed by atoms with van der Waals surface area (Å²) in [5.74, 6) is 2.75. The van der Waals surface area contributed by atoms with E-state index in [1.54, 1.807) is 0 Å². The highest BCUT2D eigenvalue weighted by Crippen LogP contribution is 2.36. The van der Waals surface area contributed by atoms with Gasteiger partial charge in [-0.1, -0.05) is 16.8 Å². The Hall–Kier alpha value is -2.68. The van der Waals surface area contributed by atoms with E-state index >= 15 is 0 Å². The zero-order chi connectivity index (χ0) is 24.9. The van der Waals surface area contributed by atoms with Crippen LogP contribution in [0.15, 0.2) is 22.7 Å². The molecule has 1 aliphatic heterocycles. The van der Waals surface area contributed by atoms with E-state index in [2.05, 4.69) is 22.7 Å². The third-order valence-electron chi connectivity index (χ3n) is 6.26. The Morgan fingerprint density at radius 1 is 1.20 bits per heavy atom. The highest BCUT2D eigenvalue weighted by Gasteiger charge is 2.24. The maximum Gasteiger partial charge on any atom is 0.163 e. The van der Waals surface area contributed by atoms with Gasteiger partial charge in [0.1, 0.15) is 17.3 Å². The number of ether oxygens (including phenoxy) is 2. The van der Waals surface area contributed by atoms with Gasteiger partial charge < -0.3 is 24.6 Å². The van der Waals surface area contributed by atoms with Crippen LogP contribution in [0.5, 0.6) is 5.75 Å². The molecule has 8 nitrogen and oxygen atoms in total. The quantitative estimate of drug-likeness (QED) is 0.381. The number of halogens is 1. The highest BCUT2D eigenvalue weighted by molar-refractivity contribution is 6.33. The standard InChI is InChI=1S/C26H34ClN5O3/c1-15-13-19(9-12-33-15)29-25-16(2)24(23-17(3)32-35-18(23)4)30-26(31-25)21-14-20(7-8-22(21)27)34-11-6-10-28-5/h7-8,14-15,19,28H,6,9-13H2,1-5H3,(H,29,30,31). The number of anilines is 1. The molecule has 0 saturated carbocycles. The fraction of sp³-hybridized carbons (Fsp3) is 0.500. The van der Waals surface area contributed by atoms with Gasteiger partial charge in [-0.2, -0.15) is 0 Å². The van der Waals surface area contributed by atoms with Crippen molar-refractivity contribution < 1.29 is 14.0 Å². The van der Waals surface area contributed by atoms with E-state index < -0.39 is 0 Å². The van der Waals surface area contributed by atoms with E-state index in [0.717, 1.165) is 66.5 Å². The maximum absolute atomic E-state index is 6.64. The second kappa shape index (κ2) is 11.4. The Balaban J connectivity index is 1.76. The normalized spacial score (nSPS) is 18.0. The lowest BCUT2D eigenvalue weighted by atomic mass is 10.0. The Bertz CT molecular complexity index is 1150. The van der Waals surface area contributed by atoms with Crippen LogP contribution < -0.4 is 15.4 Å². The third-order valence-corrected chi connectivity index (χ3v) is 6.59. The molecule has 2 N–H and O–H groups in total. The molecular formula is C26H34ClN5O3. The minimum atomic E-state index is 0.205.